The summed E-state index contributed by atoms with van der Waals surface area (Å²) in [5.41, 5.74) is -0.677. The van der Waals surface area contributed by atoms with Crippen LogP contribution in [-0.2, 0) is 0 Å². The van der Waals surface area contributed by atoms with Crippen molar-refractivity contribution in [2.75, 3.05) is 39.2 Å². The van der Waals surface area contributed by atoms with Gasteiger partial charge in [-0.1, -0.05) is 15.9 Å². The predicted molar refractivity (Wildman–Crippen MR) is 147 cm³/mol. The van der Waals surface area contributed by atoms with Gasteiger partial charge in [-0.15, -0.1) is 0 Å². The summed E-state index contributed by atoms with van der Waals surface area (Å²) in [5, 5.41) is 3.78. The zero-order valence-corrected chi connectivity index (χ0v) is 22.8. The van der Waals surface area contributed by atoms with Gasteiger partial charge in [0, 0.05) is 22.1 Å². The molecule has 2 aromatic heterocycles. The Morgan fingerprint density at radius 3 is 2.54 bits per heavy atom. The molecule has 10 nitrogen and oxygen atoms in total. The molecule has 0 unspecified atom stereocenters. The monoisotopic (exact) mass is 604 g/mol. The van der Waals surface area contributed by atoms with Crippen molar-refractivity contribution >= 4 is 38.3 Å². The van der Waals surface area contributed by atoms with Crippen molar-refractivity contribution in [1.29, 1.82) is 0 Å². The molecule has 0 spiro atoms. The van der Waals surface area contributed by atoms with Gasteiger partial charge in [0.1, 0.15) is 18.0 Å². The highest BCUT2D eigenvalue weighted by molar-refractivity contribution is 9.10. The standard InChI is InChI=1S/C22H24BrFN4O2.C4H3FN2O2/c1-28-7-5-14(6-8-28)12-30-21-11-19-16(10-20(21)29-2)22(26-13-25-19)27-18-4-3-15(23)9-17(18)24;5-2-1-6-4(9)7-3(2)8/h3-4,9-11,13-14H,5-8,12H2,1-2H3,(H,25,26,27);1H,(H2,6,7,8,9). The number of ether oxygens (including phenoxy) is 2. The summed E-state index contributed by atoms with van der Waals surface area (Å²) in [4.78, 5) is 35.0. The van der Waals surface area contributed by atoms with Crippen molar-refractivity contribution in [3.8, 4) is 11.5 Å². The zero-order valence-electron chi connectivity index (χ0n) is 21.3. The summed E-state index contributed by atoms with van der Waals surface area (Å²) < 4.78 is 38.6. The van der Waals surface area contributed by atoms with Crippen LogP contribution in [0.4, 0.5) is 20.3 Å². The average molecular weight is 605 g/mol. The number of fused-ring (bicyclic) bond motifs is 1. The van der Waals surface area contributed by atoms with Crippen molar-refractivity contribution in [2.24, 2.45) is 5.92 Å². The van der Waals surface area contributed by atoms with Gasteiger partial charge in [0.2, 0.25) is 5.82 Å². The molecule has 0 amide bonds. The van der Waals surface area contributed by atoms with E-state index in [1.165, 1.54) is 12.4 Å². The molecule has 0 saturated carbocycles. The van der Waals surface area contributed by atoms with Gasteiger partial charge in [0.25, 0.3) is 5.56 Å². The number of piperidine rings is 1. The van der Waals surface area contributed by atoms with E-state index in [2.05, 4.69) is 43.2 Å². The second-order valence-corrected chi connectivity index (χ2v) is 9.88. The second-order valence-electron chi connectivity index (χ2n) is 8.97. The van der Waals surface area contributed by atoms with Crippen LogP contribution in [0.25, 0.3) is 10.9 Å². The van der Waals surface area contributed by atoms with Crippen molar-refractivity contribution in [3.05, 3.63) is 79.8 Å². The van der Waals surface area contributed by atoms with Gasteiger partial charge in [-0.3, -0.25) is 9.78 Å². The van der Waals surface area contributed by atoms with E-state index in [-0.39, 0.29) is 5.82 Å². The van der Waals surface area contributed by atoms with E-state index in [9.17, 15) is 18.4 Å². The fourth-order valence-corrected chi connectivity index (χ4v) is 4.32. The molecule has 1 aliphatic rings. The summed E-state index contributed by atoms with van der Waals surface area (Å²) in [6, 6.07) is 8.52. The van der Waals surface area contributed by atoms with Gasteiger partial charge in [0.15, 0.2) is 11.5 Å². The molecule has 1 fully saturated rings. The number of anilines is 2. The minimum Gasteiger partial charge on any atom is -0.493 e. The lowest BCUT2D eigenvalue weighted by Crippen LogP contribution is -2.32. The first-order valence-corrected chi connectivity index (χ1v) is 12.9. The quantitative estimate of drug-likeness (QED) is 0.299. The first-order chi connectivity index (χ1) is 18.7. The highest BCUT2D eigenvalue weighted by Crippen LogP contribution is 2.35. The van der Waals surface area contributed by atoms with Crippen LogP contribution in [0.1, 0.15) is 12.8 Å². The number of hydrogen-bond acceptors (Lipinski definition) is 8. The van der Waals surface area contributed by atoms with E-state index in [4.69, 9.17) is 9.47 Å². The zero-order chi connectivity index (χ0) is 27.9. The third-order valence-corrected chi connectivity index (χ3v) is 6.68. The molecular weight excluding hydrogens is 578 g/mol. The second kappa shape index (κ2) is 12.8. The Morgan fingerprint density at radius 2 is 1.87 bits per heavy atom. The Morgan fingerprint density at radius 1 is 1.10 bits per heavy atom. The first-order valence-electron chi connectivity index (χ1n) is 12.1. The number of H-pyrrole nitrogens is 2. The van der Waals surface area contributed by atoms with Crippen molar-refractivity contribution < 1.29 is 18.3 Å². The van der Waals surface area contributed by atoms with Crippen LogP contribution in [0.15, 0.2) is 56.9 Å². The fraction of sp³-hybridized carbons (Fsp3) is 0.308. The molecule has 39 heavy (non-hydrogen) atoms. The number of benzene rings is 2. The number of aromatic amines is 2. The van der Waals surface area contributed by atoms with Crippen LogP contribution in [0.3, 0.4) is 0 Å². The number of aromatic nitrogens is 4. The molecule has 4 aromatic rings. The van der Waals surface area contributed by atoms with E-state index >= 15 is 0 Å². The van der Waals surface area contributed by atoms with Crippen molar-refractivity contribution in [1.82, 2.24) is 24.8 Å². The molecule has 0 radical (unpaired) electrons. The Bertz CT molecular complexity index is 1560. The number of nitrogens with zero attached hydrogens (tertiary/aromatic N) is 3. The summed E-state index contributed by atoms with van der Waals surface area (Å²) in [5.74, 6) is 0.926. The van der Waals surface area contributed by atoms with E-state index < -0.39 is 17.1 Å². The molecule has 0 aliphatic carbocycles. The Balaban J connectivity index is 0.000000333. The first kappa shape index (κ1) is 28.2. The number of hydrogen-bond donors (Lipinski definition) is 3. The lowest BCUT2D eigenvalue weighted by atomic mass is 9.98. The van der Waals surface area contributed by atoms with Gasteiger partial charge < -0.3 is 24.7 Å². The van der Waals surface area contributed by atoms with Crippen molar-refractivity contribution in [2.45, 2.75) is 12.8 Å². The summed E-state index contributed by atoms with van der Waals surface area (Å²) in [6.07, 6.45) is 4.42. The van der Waals surface area contributed by atoms with E-state index in [1.54, 1.807) is 24.2 Å². The summed E-state index contributed by atoms with van der Waals surface area (Å²) in [7, 11) is 3.75. The average Bonchev–Trinajstić information content (AvgIpc) is 2.92. The topological polar surface area (TPSA) is 125 Å². The van der Waals surface area contributed by atoms with E-state index in [0.717, 1.165) is 31.3 Å². The highest BCUT2D eigenvalue weighted by Gasteiger charge is 2.19. The summed E-state index contributed by atoms with van der Waals surface area (Å²) in [6.45, 7) is 2.84. The van der Waals surface area contributed by atoms with E-state index in [0.29, 0.717) is 51.7 Å². The molecule has 1 saturated heterocycles. The predicted octanol–water partition coefficient (Wildman–Crippen LogP) is 4.21. The normalized spacial score (nSPS) is 14.0. The number of nitrogens with one attached hydrogen (secondary N) is 3. The molecular formula is C26H27BrF2N6O4. The molecule has 3 N–H and O–H groups in total. The Hall–Kier alpha value is -3.84. The summed E-state index contributed by atoms with van der Waals surface area (Å²) >= 11 is 3.27. The number of likely N-dealkylation sites (tertiary alicyclic amines) is 1. The maximum Gasteiger partial charge on any atom is 0.325 e. The molecule has 5 rings (SSSR count). The highest BCUT2D eigenvalue weighted by atomic mass is 79.9. The minimum absolute atomic E-state index is 0.333. The maximum absolute atomic E-state index is 14.3. The minimum atomic E-state index is -1.00. The molecule has 2 aromatic carbocycles. The fourth-order valence-electron chi connectivity index (χ4n) is 3.98. The van der Waals surface area contributed by atoms with Gasteiger partial charge in [-0.25, -0.2) is 19.2 Å². The largest absolute Gasteiger partial charge is 0.493 e. The van der Waals surface area contributed by atoms with Crippen molar-refractivity contribution in [3.63, 3.8) is 0 Å². The smallest absolute Gasteiger partial charge is 0.325 e. The number of rotatable bonds is 6. The van der Waals surface area contributed by atoms with Gasteiger partial charge in [-0.2, -0.15) is 4.39 Å². The molecule has 0 bridgehead atoms. The SMILES string of the molecule is COc1cc2c(Nc3ccc(Br)cc3F)ncnc2cc1OCC1CCN(C)CC1.O=c1[nH]cc(F)c(=O)[nH]1. The molecule has 0 atom stereocenters. The molecule has 13 heteroatoms. The maximum atomic E-state index is 14.3. The van der Waals surface area contributed by atoms with Crippen LogP contribution in [-0.4, -0.2) is 58.7 Å². The third-order valence-electron chi connectivity index (χ3n) is 6.19. The Labute approximate surface area is 230 Å². The van der Waals surface area contributed by atoms with Crippen LogP contribution < -0.4 is 26.0 Å². The molecule has 206 valence electrons. The number of methoxy groups -OCH3 is 1. The molecule has 1 aliphatic heterocycles. The van der Waals surface area contributed by atoms with Gasteiger partial charge in [0.05, 0.1) is 24.9 Å². The Kier molecular flexibility index (Phi) is 9.25. The lowest BCUT2D eigenvalue weighted by Gasteiger charge is -2.28. The van der Waals surface area contributed by atoms with E-state index in [1.807, 2.05) is 17.1 Å². The van der Waals surface area contributed by atoms with Crippen LogP contribution in [0.2, 0.25) is 0 Å². The van der Waals surface area contributed by atoms with Crippen LogP contribution >= 0.6 is 15.9 Å². The third kappa shape index (κ3) is 7.39. The van der Waals surface area contributed by atoms with Gasteiger partial charge >= 0.3 is 5.69 Å². The van der Waals surface area contributed by atoms with Crippen LogP contribution in [0.5, 0.6) is 11.5 Å². The molecule has 3 heterocycles. The van der Waals surface area contributed by atoms with Gasteiger partial charge in [-0.05, 0) is 63.2 Å². The lowest BCUT2D eigenvalue weighted by molar-refractivity contribution is 0.157. The number of halogens is 3. The van der Waals surface area contributed by atoms with Crippen LogP contribution in [0, 0.1) is 17.6 Å².